The minimum atomic E-state index is -0.0197. The highest BCUT2D eigenvalue weighted by atomic mass is 35.5. The molecule has 1 aromatic rings. The van der Waals surface area contributed by atoms with Gasteiger partial charge in [-0.05, 0) is 19.5 Å². The minimum absolute atomic E-state index is 0.0197. The van der Waals surface area contributed by atoms with Crippen LogP contribution in [0.4, 0.5) is 0 Å². The molecule has 20 heavy (non-hydrogen) atoms. The minimum Gasteiger partial charge on any atom is -0.486 e. The first kappa shape index (κ1) is 16.2. The number of hydrogen-bond acceptors (Lipinski definition) is 3. The molecule has 0 radical (unpaired) electrons. The molecule has 1 aliphatic carbocycles. The Morgan fingerprint density at radius 1 is 1.15 bits per heavy atom. The summed E-state index contributed by atoms with van der Waals surface area (Å²) in [7, 11) is 0. The molecule has 0 heterocycles. The van der Waals surface area contributed by atoms with Crippen molar-refractivity contribution in [3.05, 3.63) is 27.2 Å². The molecule has 0 aliphatic heterocycles. The van der Waals surface area contributed by atoms with Gasteiger partial charge in [0.05, 0.1) is 15.1 Å². The summed E-state index contributed by atoms with van der Waals surface area (Å²) in [4.78, 5) is 0. The molecule has 0 amide bonds. The van der Waals surface area contributed by atoms with Gasteiger partial charge in [-0.2, -0.15) is 0 Å². The van der Waals surface area contributed by atoms with E-state index in [0.29, 0.717) is 33.5 Å². The normalized spacial score (nSPS) is 25.4. The SMILES string of the molecule is CCNC1CC(Oc2cc(Cl)c(Cl)cc2Cl)C1OCC. The van der Waals surface area contributed by atoms with Gasteiger partial charge in [-0.3, -0.25) is 0 Å². The lowest BCUT2D eigenvalue weighted by Crippen LogP contribution is -2.61. The zero-order valence-electron chi connectivity index (χ0n) is 11.5. The Kier molecular flexibility index (Phi) is 5.82. The van der Waals surface area contributed by atoms with Crippen molar-refractivity contribution in [2.24, 2.45) is 0 Å². The molecule has 112 valence electrons. The Morgan fingerprint density at radius 2 is 1.85 bits per heavy atom. The number of rotatable bonds is 6. The summed E-state index contributed by atoms with van der Waals surface area (Å²) < 4.78 is 11.7. The van der Waals surface area contributed by atoms with Crippen molar-refractivity contribution in [2.75, 3.05) is 13.2 Å². The van der Waals surface area contributed by atoms with Crippen LogP contribution in [0.5, 0.6) is 5.75 Å². The Balaban J connectivity index is 2.05. The van der Waals surface area contributed by atoms with Gasteiger partial charge >= 0.3 is 0 Å². The van der Waals surface area contributed by atoms with Crippen LogP contribution in [-0.4, -0.2) is 31.4 Å². The molecule has 1 saturated carbocycles. The highest BCUT2D eigenvalue weighted by Gasteiger charge is 2.43. The van der Waals surface area contributed by atoms with Gasteiger partial charge in [0, 0.05) is 25.1 Å². The topological polar surface area (TPSA) is 30.5 Å². The van der Waals surface area contributed by atoms with E-state index in [0.717, 1.165) is 13.0 Å². The predicted molar refractivity (Wildman–Crippen MR) is 83.4 cm³/mol. The van der Waals surface area contributed by atoms with Crippen molar-refractivity contribution in [3.8, 4) is 5.75 Å². The van der Waals surface area contributed by atoms with E-state index in [-0.39, 0.29) is 12.2 Å². The van der Waals surface area contributed by atoms with Gasteiger partial charge in [-0.25, -0.2) is 0 Å². The Hall–Kier alpha value is -0.190. The van der Waals surface area contributed by atoms with E-state index in [1.807, 2.05) is 6.92 Å². The average Bonchev–Trinajstić information content (AvgIpc) is 2.40. The monoisotopic (exact) mass is 337 g/mol. The molecule has 1 fully saturated rings. The Morgan fingerprint density at radius 3 is 2.50 bits per heavy atom. The van der Waals surface area contributed by atoms with Crippen molar-refractivity contribution in [2.45, 2.75) is 38.5 Å². The zero-order chi connectivity index (χ0) is 14.7. The second-order valence-electron chi connectivity index (χ2n) is 4.67. The smallest absolute Gasteiger partial charge is 0.140 e. The van der Waals surface area contributed by atoms with E-state index in [2.05, 4.69) is 12.2 Å². The zero-order valence-corrected chi connectivity index (χ0v) is 13.7. The maximum Gasteiger partial charge on any atom is 0.140 e. The molecule has 3 nitrogen and oxygen atoms in total. The first-order valence-electron chi connectivity index (χ1n) is 6.73. The second-order valence-corrected chi connectivity index (χ2v) is 5.89. The van der Waals surface area contributed by atoms with Crippen LogP contribution in [0, 0.1) is 0 Å². The number of likely N-dealkylation sites (N-methyl/N-ethyl adjacent to an activating group) is 1. The fourth-order valence-corrected chi connectivity index (χ4v) is 2.91. The van der Waals surface area contributed by atoms with Gasteiger partial charge in [-0.1, -0.05) is 41.7 Å². The number of nitrogens with one attached hydrogen (secondary N) is 1. The van der Waals surface area contributed by atoms with Crippen molar-refractivity contribution in [1.82, 2.24) is 5.32 Å². The lowest BCUT2D eigenvalue weighted by molar-refractivity contribution is -0.104. The van der Waals surface area contributed by atoms with E-state index in [1.165, 1.54) is 0 Å². The van der Waals surface area contributed by atoms with Crippen molar-refractivity contribution in [1.29, 1.82) is 0 Å². The third-order valence-electron chi connectivity index (χ3n) is 3.33. The molecule has 3 unspecified atom stereocenters. The summed E-state index contributed by atoms with van der Waals surface area (Å²) in [5, 5.41) is 4.70. The van der Waals surface area contributed by atoms with Gasteiger partial charge in [0.15, 0.2) is 0 Å². The first-order valence-corrected chi connectivity index (χ1v) is 7.86. The third kappa shape index (κ3) is 3.52. The van der Waals surface area contributed by atoms with Gasteiger partial charge in [0.2, 0.25) is 0 Å². The van der Waals surface area contributed by atoms with Crippen molar-refractivity contribution >= 4 is 34.8 Å². The molecular weight excluding hydrogens is 321 g/mol. The maximum absolute atomic E-state index is 6.12. The molecular formula is C14H18Cl3NO2. The molecule has 2 rings (SSSR count). The van der Waals surface area contributed by atoms with Crippen LogP contribution in [0.1, 0.15) is 20.3 Å². The fourth-order valence-electron chi connectivity index (χ4n) is 2.33. The molecule has 0 aromatic heterocycles. The van der Waals surface area contributed by atoms with Gasteiger partial charge < -0.3 is 14.8 Å². The average molecular weight is 339 g/mol. The van der Waals surface area contributed by atoms with Crippen molar-refractivity contribution < 1.29 is 9.47 Å². The third-order valence-corrected chi connectivity index (χ3v) is 4.35. The van der Waals surface area contributed by atoms with Gasteiger partial charge in [0.25, 0.3) is 0 Å². The largest absolute Gasteiger partial charge is 0.486 e. The molecule has 0 bridgehead atoms. The van der Waals surface area contributed by atoms with E-state index in [1.54, 1.807) is 12.1 Å². The summed E-state index contributed by atoms with van der Waals surface area (Å²) in [6.45, 7) is 5.62. The number of benzene rings is 1. The van der Waals surface area contributed by atoms with E-state index >= 15 is 0 Å². The quantitative estimate of drug-likeness (QED) is 0.789. The number of hydrogen-bond donors (Lipinski definition) is 1. The molecule has 3 atom stereocenters. The first-order chi connectivity index (χ1) is 9.56. The van der Waals surface area contributed by atoms with Crippen LogP contribution in [-0.2, 0) is 4.74 Å². The van der Waals surface area contributed by atoms with Gasteiger partial charge in [-0.15, -0.1) is 0 Å². The summed E-state index contributed by atoms with van der Waals surface area (Å²) >= 11 is 18.0. The van der Waals surface area contributed by atoms with E-state index in [4.69, 9.17) is 44.3 Å². The molecule has 1 aliphatic rings. The second kappa shape index (κ2) is 7.19. The van der Waals surface area contributed by atoms with Crippen molar-refractivity contribution in [3.63, 3.8) is 0 Å². The number of halogens is 3. The Bertz CT molecular complexity index is 470. The van der Waals surface area contributed by atoms with Crippen LogP contribution in [0.25, 0.3) is 0 Å². The van der Waals surface area contributed by atoms with Crippen LogP contribution >= 0.6 is 34.8 Å². The fraction of sp³-hybridized carbons (Fsp3) is 0.571. The van der Waals surface area contributed by atoms with E-state index in [9.17, 15) is 0 Å². The number of ether oxygens (including phenoxy) is 2. The molecule has 1 aromatic carbocycles. The standard InChI is InChI=1S/C14H18Cl3NO2/c1-3-18-11-7-13(14(11)19-4-2)20-12-6-9(16)8(15)5-10(12)17/h5-6,11,13-14,18H,3-4,7H2,1-2H3. The van der Waals surface area contributed by atoms with Crippen LogP contribution in [0.3, 0.4) is 0 Å². The molecule has 6 heteroatoms. The molecule has 1 N–H and O–H groups in total. The molecule has 0 saturated heterocycles. The van der Waals surface area contributed by atoms with Crippen LogP contribution < -0.4 is 10.1 Å². The predicted octanol–water partition coefficient (Wildman–Crippen LogP) is 4.18. The lowest BCUT2D eigenvalue weighted by Gasteiger charge is -2.44. The molecule has 0 spiro atoms. The summed E-state index contributed by atoms with van der Waals surface area (Å²) in [6.07, 6.45) is 0.897. The summed E-state index contributed by atoms with van der Waals surface area (Å²) in [5.41, 5.74) is 0. The van der Waals surface area contributed by atoms with E-state index < -0.39 is 0 Å². The highest BCUT2D eigenvalue weighted by molar-refractivity contribution is 6.43. The Labute approximate surface area is 134 Å². The lowest BCUT2D eigenvalue weighted by atomic mass is 9.85. The summed E-state index contributed by atoms with van der Waals surface area (Å²) in [5.74, 6) is 0.547. The van der Waals surface area contributed by atoms with Gasteiger partial charge in [0.1, 0.15) is 18.0 Å². The van der Waals surface area contributed by atoms with Crippen LogP contribution in [0.15, 0.2) is 12.1 Å². The highest BCUT2D eigenvalue weighted by Crippen LogP contribution is 2.37. The van der Waals surface area contributed by atoms with Crippen LogP contribution in [0.2, 0.25) is 15.1 Å². The maximum atomic E-state index is 6.12. The summed E-state index contributed by atoms with van der Waals surface area (Å²) in [6, 6.07) is 3.57.